The molecule has 0 N–H and O–H groups in total. The van der Waals surface area contributed by atoms with Crippen molar-refractivity contribution in [3.05, 3.63) is 92.7 Å². The molecule has 0 saturated heterocycles. The monoisotopic (exact) mass is 797 g/mol. The smallest absolute Gasteiger partial charge is 0.0514 e. The van der Waals surface area contributed by atoms with Gasteiger partial charge in [0, 0.05) is 45.6 Å². The van der Waals surface area contributed by atoms with Gasteiger partial charge in [-0.1, -0.05) is 178 Å². The first kappa shape index (κ1) is 46.2. The number of hydrogen-bond donors (Lipinski definition) is 0. The lowest BCUT2D eigenvalue weighted by atomic mass is 10.0. The van der Waals surface area contributed by atoms with Crippen LogP contribution in [0.15, 0.2) is 60.7 Å². The van der Waals surface area contributed by atoms with Gasteiger partial charge in [0.1, 0.15) is 0 Å². The van der Waals surface area contributed by atoms with E-state index in [1.54, 1.807) is 0 Å². The predicted octanol–water partition coefficient (Wildman–Crippen LogP) is 16.6. The molecular formula is C52H76O2S2. The van der Waals surface area contributed by atoms with Crippen molar-refractivity contribution in [3.63, 3.8) is 0 Å². The highest BCUT2D eigenvalue weighted by atomic mass is 32.1. The minimum atomic E-state index is 0.836. The van der Waals surface area contributed by atoms with Crippen LogP contribution in [0.25, 0.3) is 33.0 Å². The average Bonchev–Trinajstić information content (AvgIpc) is 3.84. The lowest BCUT2D eigenvalue weighted by Gasteiger charge is -2.06. The van der Waals surface area contributed by atoms with Crippen LogP contribution in [0.1, 0.15) is 175 Å². The van der Waals surface area contributed by atoms with Crippen LogP contribution in [0, 0.1) is 0 Å². The predicted molar refractivity (Wildman–Crippen MR) is 251 cm³/mol. The fraction of sp³-hybridized carbons (Fsp3) is 0.577. The van der Waals surface area contributed by atoms with Gasteiger partial charge in [0.2, 0.25) is 0 Å². The van der Waals surface area contributed by atoms with E-state index in [1.165, 1.54) is 181 Å². The zero-order valence-electron chi connectivity index (χ0n) is 35.9. The van der Waals surface area contributed by atoms with E-state index in [1.807, 2.05) is 22.7 Å². The highest BCUT2D eigenvalue weighted by Crippen LogP contribution is 2.35. The van der Waals surface area contributed by atoms with Crippen molar-refractivity contribution >= 4 is 34.8 Å². The van der Waals surface area contributed by atoms with Gasteiger partial charge in [-0.15, -0.1) is 22.7 Å². The quantitative estimate of drug-likeness (QED) is 0.0362. The summed E-state index contributed by atoms with van der Waals surface area (Å²) in [5.41, 5.74) is 8.15. The first-order valence-corrected chi connectivity index (χ1v) is 24.6. The van der Waals surface area contributed by atoms with Gasteiger partial charge in [-0.3, -0.25) is 0 Å². The molecule has 0 unspecified atom stereocenters. The van der Waals surface area contributed by atoms with Crippen molar-refractivity contribution in [1.82, 2.24) is 0 Å². The van der Waals surface area contributed by atoms with E-state index in [2.05, 4.69) is 101 Å². The molecule has 4 aromatic rings. The Morgan fingerprint density at radius 2 is 0.750 bits per heavy atom. The van der Waals surface area contributed by atoms with Crippen molar-refractivity contribution in [3.8, 4) is 20.9 Å². The van der Waals surface area contributed by atoms with Gasteiger partial charge in [0.15, 0.2) is 0 Å². The molecule has 0 saturated carbocycles. The molecule has 2 nitrogen and oxygen atoms in total. The molecule has 308 valence electrons. The van der Waals surface area contributed by atoms with E-state index >= 15 is 0 Å². The number of ether oxygens (including phenoxy) is 2. The summed E-state index contributed by atoms with van der Waals surface area (Å²) < 4.78 is 12.2. The van der Waals surface area contributed by atoms with E-state index in [4.69, 9.17) is 9.47 Å². The van der Waals surface area contributed by atoms with Crippen molar-refractivity contribution in [2.24, 2.45) is 0 Å². The van der Waals surface area contributed by atoms with Crippen LogP contribution < -0.4 is 0 Å². The Hall–Kier alpha value is -2.50. The molecule has 4 heteroatoms. The number of unbranched alkanes of at least 4 members (excludes halogenated alkanes) is 14. The molecule has 2 heterocycles. The van der Waals surface area contributed by atoms with Crippen LogP contribution in [-0.4, -0.2) is 26.4 Å². The maximum absolute atomic E-state index is 6.10. The summed E-state index contributed by atoms with van der Waals surface area (Å²) in [4.78, 5) is 5.80. The van der Waals surface area contributed by atoms with Gasteiger partial charge in [0.25, 0.3) is 0 Å². The minimum absolute atomic E-state index is 0.836. The molecule has 2 aromatic heterocycles. The lowest BCUT2D eigenvalue weighted by Crippen LogP contribution is -2.01. The number of thiophene rings is 2. The molecule has 0 aliphatic heterocycles. The molecule has 0 atom stereocenters. The Balaban J connectivity index is 1.26. The summed E-state index contributed by atoms with van der Waals surface area (Å²) in [5.74, 6) is 0. The third-order valence-electron chi connectivity index (χ3n) is 11.0. The van der Waals surface area contributed by atoms with Gasteiger partial charge >= 0.3 is 0 Å². The van der Waals surface area contributed by atoms with Crippen molar-refractivity contribution in [1.29, 1.82) is 0 Å². The van der Waals surface area contributed by atoms with Crippen LogP contribution >= 0.6 is 22.7 Å². The summed E-state index contributed by atoms with van der Waals surface area (Å²) in [6.07, 6.45) is 32.5. The normalized spacial score (nSPS) is 11.7. The third kappa shape index (κ3) is 17.6. The highest BCUT2D eigenvalue weighted by molar-refractivity contribution is 7.16. The van der Waals surface area contributed by atoms with E-state index in [-0.39, 0.29) is 0 Å². The van der Waals surface area contributed by atoms with E-state index in [0.29, 0.717) is 0 Å². The topological polar surface area (TPSA) is 18.5 Å². The molecule has 0 spiro atoms. The second-order valence-corrected chi connectivity index (χ2v) is 18.1. The Bertz CT molecular complexity index is 1470. The fourth-order valence-electron chi connectivity index (χ4n) is 7.36. The largest absolute Gasteiger partial charge is 0.381 e. The van der Waals surface area contributed by atoms with Crippen LogP contribution in [-0.2, 0) is 35.2 Å². The SMILES string of the molecule is CCCCCCCCCOCCc1sc(-c2ccc(/C=C/c3ccc(-c4cc(CCCC)c(CCOCCCCCCCCC)s4)cc3)cc2)cc1CCCC. The summed E-state index contributed by atoms with van der Waals surface area (Å²) in [5, 5.41) is 0. The van der Waals surface area contributed by atoms with E-state index in [0.717, 1.165) is 39.3 Å². The van der Waals surface area contributed by atoms with Gasteiger partial charge in [-0.05, 0) is 84.0 Å². The van der Waals surface area contributed by atoms with Crippen molar-refractivity contribution in [2.45, 2.75) is 169 Å². The molecule has 4 rings (SSSR count). The first-order chi connectivity index (χ1) is 27.6. The Morgan fingerprint density at radius 1 is 0.393 bits per heavy atom. The summed E-state index contributed by atoms with van der Waals surface area (Å²) >= 11 is 3.94. The molecule has 56 heavy (non-hydrogen) atoms. The van der Waals surface area contributed by atoms with E-state index < -0.39 is 0 Å². The van der Waals surface area contributed by atoms with E-state index in [9.17, 15) is 0 Å². The van der Waals surface area contributed by atoms with Crippen molar-refractivity contribution < 1.29 is 9.47 Å². The molecule has 0 aliphatic carbocycles. The van der Waals surface area contributed by atoms with Crippen LogP contribution in [0.5, 0.6) is 0 Å². The molecule has 0 radical (unpaired) electrons. The second kappa shape index (κ2) is 28.8. The second-order valence-electron chi connectivity index (χ2n) is 15.9. The maximum atomic E-state index is 6.10. The molecule has 0 aliphatic rings. The van der Waals surface area contributed by atoms with Crippen LogP contribution in [0.4, 0.5) is 0 Å². The Morgan fingerprint density at radius 3 is 1.12 bits per heavy atom. The zero-order valence-corrected chi connectivity index (χ0v) is 37.6. The fourth-order valence-corrected chi connectivity index (χ4v) is 9.76. The molecule has 2 aromatic carbocycles. The van der Waals surface area contributed by atoms with Gasteiger partial charge < -0.3 is 9.47 Å². The Kier molecular flexibility index (Phi) is 23.8. The molecule has 0 amide bonds. The van der Waals surface area contributed by atoms with Crippen LogP contribution in [0.3, 0.4) is 0 Å². The minimum Gasteiger partial charge on any atom is -0.381 e. The molecule has 0 fully saturated rings. The summed E-state index contributed by atoms with van der Waals surface area (Å²) in [7, 11) is 0. The van der Waals surface area contributed by atoms with Crippen molar-refractivity contribution in [2.75, 3.05) is 26.4 Å². The number of rotatable bonds is 32. The van der Waals surface area contributed by atoms with Crippen LogP contribution in [0.2, 0.25) is 0 Å². The zero-order chi connectivity index (χ0) is 39.5. The summed E-state index contributed by atoms with van der Waals surface area (Å²) in [6.45, 7) is 12.6. The van der Waals surface area contributed by atoms with Gasteiger partial charge in [0.05, 0.1) is 13.2 Å². The number of aryl methyl sites for hydroxylation is 2. The maximum Gasteiger partial charge on any atom is 0.0514 e. The average molecular weight is 797 g/mol. The summed E-state index contributed by atoms with van der Waals surface area (Å²) in [6, 6.07) is 23.1. The number of hydrogen-bond acceptors (Lipinski definition) is 4. The lowest BCUT2D eigenvalue weighted by molar-refractivity contribution is 0.133. The molecular weight excluding hydrogens is 721 g/mol. The first-order valence-electron chi connectivity index (χ1n) is 22.9. The highest BCUT2D eigenvalue weighted by Gasteiger charge is 2.12. The Labute approximate surface area is 351 Å². The molecule has 0 bridgehead atoms. The van der Waals surface area contributed by atoms with Gasteiger partial charge in [-0.2, -0.15) is 0 Å². The third-order valence-corrected chi connectivity index (χ3v) is 13.6. The number of benzene rings is 2. The van der Waals surface area contributed by atoms with Gasteiger partial charge in [-0.25, -0.2) is 0 Å². The standard InChI is InChI=1S/C52H76O2S2/c1-5-9-13-15-17-19-21-37-53-39-35-49-47(23-11-7-3)41-51(55-49)45-31-27-43(28-32-45)25-26-44-29-33-46(34-30-44)52-42-48(24-12-8-4)50(56-52)36-40-54-38-22-20-18-16-14-10-6-2/h25-34,41-42H,5-24,35-40H2,1-4H3/b26-25+.